The van der Waals surface area contributed by atoms with E-state index in [1.165, 1.54) is 0 Å². The average molecular weight is 399 g/mol. The molecule has 156 valence electrons. The molecule has 0 bridgehead atoms. The number of rotatable bonds is 12. The van der Waals surface area contributed by atoms with E-state index in [9.17, 15) is 9.59 Å². The molecule has 0 aliphatic carbocycles. The minimum Gasteiger partial charge on any atom is -0.491 e. The Morgan fingerprint density at radius 2 is 1.55 bits per heavy atom. The normalized spacial score (nSPS) is 10.3. The van der Waals surface area contributed by atoms with Crippen LogP contribution in [0.2, 0.25) is 0 Å². The van der Waals surface area contributed by atoms with E-state index < -0.39 is 0 Å². The van der Waals surface area contributed by atoms with Crippen LogP contribution in [-0.4, -0.2) is 38.2 Å². The molecule has 0 spiro atoms. The van der Waals surface area contributed by atoms with Gasteiger partial charge >= 0.3 is 0 Å². The van der Waals surface area contributed by atoms with Gasteiger partial charge in [-0.1, -0.05) is 19.1 Å². The first-order chi connectivity index (χ1) is 14.1. The maximum Gasteiger partial charge on any atom is 0.243 e. The Morgan fingerprint density at radius 3 is 2.31 bits per heavy atom. The molecule has 2 amide bonds. The summed E-state index contributed by atoms with van der Waals surface area (Å²) in [6, 6.07) is 14.5. The minimum absolute atomic E-state index is 0.0225. The molecule has 0 saturated heterocycles. The van der Waals surface area contributed by atoms with E-state index in [2.05, 4.69) is 16.0 Å². The highest BCUT2D eigenvalue weighted by Gasteiger charge is 2.05. The highest BCUT2D eigenvalue weighted by molar-refractivity contribution is 5.94. The highest BCUT2D eigenvalue weighted by Crippen LogP contribution is 2.18. The van der Waals surface area contributed by atoms with Crippen molar-refractivity contribution in [2.24, 2.45) is 0 Å². The van der Waals surface area contributed by atoms with Gasteiger partial charge in [-0.15, -0.1) is 0 Å². The lowest BCUT2D eigenvalue weighted by atomic mass is 10.2. The minimum atomic E-state index is -0.183. The summed E-state index contributed by atoms with van der Waals surface area (Å²) < 4.78 is 10.8. The van der Waals surface area contributed by atoms with Crippen LogP contribution >= 0.6 is 0 Å². The smallest absolute Gasteiger partial charge is 0.243 e. The van der Waals surface area contributed by atoms with E-state index in [1.807, 2.05) is 44.2 Å². The van der Waals surface area contributed by atoms with Gasteiger partial charge in [0.15, 0.2) is 0 Å². The summed E-state index contributed by atoms with van der Waals surface area (Å²) in [5.41, 5.74) is 2.11. The summed E-state index contributed by atoms with van der Waals surface area (Å²) in [6.07, 6.45) is 1.27. The molecular weight excluding hydrogens is 370 g/mol. The van der Waals surface area contributed by atoms with E-state index in [4.69, 9.17) is 9.47 Å². The zero-order valence-corrected chi connectivity index (χ0v) is 17.0. The second-order valence-corrected chi connectivity index (χ2v) is 6.35. The number of amides is 2. The summed E-state index contributed by atoms with van der Waals surface area (Å²) in [5.74, 6) is 0.466. The maximum absolute atomic E-state index is 12.2. The SMILES string of the molecule is CCCC(=O)Nc1cccc(NCC(=O)Nc2cccc(OCCOCC)c2)c1. The fourth-order valence-electron chi connectivity index (χ4n) is 2.57. The molecule has 0 heterocycles. The molecule has 2 aromatic carbocycles. The van der Waals surface area contributed by atoms with Gasteiger partial charge in [0.2, 0.25) is 11.8 Å². The van der Waals surface area contributed by atoms with Crippen LogP contribution in [0.4, 0.5) is 17.1 Å². The summed E-state index contributed by atoms with van der Waals surface area (Å²) in [6.45, 7) is 5.62. The van der Waals surface area contributed by atoms with E-state index >= 15 is 0 Å². The Kier molecular flexibility index (Phi) is 9.51. The van der Waals surface area contributed by atoms with Gasteiger partial charge in [-0.05, 0) is 43.7 Å². The Labute approximate surface area is 171 Å². The number of ether oxygens (including phenoxy) is 2. The van der Waals surface area contributed by atoms with Crippen LogP contribution in [0, 0.1) is 0 Å². The van der Waals surface area contributed by atoms with Gasteiger partial charge in [-0.2, -0.15) is 0 Å². The van der Waals surface area contributed by atoms with Crippen LogP contribution in [0.15, 0.2) is 48.5 Å². The van der Waals surface area contributed by atoms with Gasteiger partial charge < -0.3 is 25.4 Å². The monoisotopic (exact) mass is 399 g/mol. The van der Waals surface area contributed by atoms with Crippen LogP contribution in [0.25, 0.3) is 0 Å². The van der Waals surface area contributed by atoms with Crippen LogP contribution in [-0.2, 0) is 14.3 Å². The van der Waals surface area contributed by atoms with E-state index in [0.29, 0.717) is 43.4 Å². The lowest BCUT2D eigenvalue weighted by Crippen LogP contribution is -2.21. The first-order valence-corrected chi connectivity index (χ1v) is 9.85. The summed E-state index contributed by atoms with van der Waals surface area (Å²) in [4.78, 5) is 23.9. The van der Waals surface area contributed by atoms with E-state index in [1.54, 1.807) is 18.2 Å². The lowest BCUT2D eigenvalue weighted by Gasteiger charge is -2.11. The number of anilines is 3. The molecule has 0 saturated carbocycles. The van der Waals surface area contributed by atoms with Gasteiger partial charge in [-0.3, -0.25) is 9.59 Å². The molecule has 7 nitrogen and oxygen atoms in total. The van der Waals surface area contributed by atoms with Gasteiger partial charge in [0.1, 0.15) is 12.4 Å². The number of benzene rings is 2. The molecule has 2 aromatic rings. The van der Waals surface area contributed by atoms with Crippen molar-refractivity contribution in [2.45, 2.75) is 26.7 Å². The average Bonchev–Trinajstić information content (AvgIpc) is 2.70. The Morgan fingerprint density at radius 1 is 0.862 bits per heavy atom. The van der Waals surface area contributed by atoms with Crippen molar-refractivity contribution >= 4 is 28.9 Å². The fourth-order valence-corrected chi connectivity index (χ4v) is 2.57. The van der Waals surface area contributed by atoms with Crippen molar-refractivity contribution in [3.05, 3.63) is 48.5 Å². The Hall–Kier alpha value is -3.06. The second kappa shape index (κ2) is 12.4. The van der Waals surface area contributed by atoms with Gasteiger partial charge in [-0.25, -0.2) is 0 Å². The van der Waals surface area contributed by atoms with E-state index in [0.717, 1.165) is 12.1 Å². The number of hydrogen-bond donors (Lipinski definition) is 3. The lowest BCUT2D eigenvalue weighted by molar-refractivity contribution is -0.116. The number of carbonyl (C=O) groups is 2. The highest BCUT2D eigenvalue weighted by atomic mass is 16.5. The molecule has 0 aromatic heterocycles. The van der Waals surface area contributed by atoms with Gasteiger partial charge in [0, 0.05) is 36.2 Å². The summed E-state index contributed by atoms with van der Waals surface area (Å²) in [7, 11) is 0. The maximum atomic E-state index is 12.2. The third-order valence-corrected chi connectivity index (χ3v) is 3.89. The number of nitrogens with one attached hydrogen (secondary N) is 3. The predicted octanol–water partition coefficient (Wildman–Crippen LogP) is 3.89. The molecule has 0 aliphatic rings. The summed E-state index contributed by atoms with van der Waals surface area (Å²) in [5, 5.41) is 8.74. The zero-order valence-electron chi connectivity index (χ0n) is 17.0. The van der Waals surface area contributed by atoms with Crippen LogP contribution < -0.4 is 20.7 Å². The first-order valence-electron chi connectivity index (χ1n) is 9.85. The van der Waals surface area contributed by atoms with Gasteiger partial charge in [0.05, 0.1) is 13.2 Å². The molecular formula is C22H29N3O4. The molecule has 0 atom stereocenters. The molecule has 3 N–H and O–H groups in total. The molecule has 0 unspecified atom stereocenters. The van der Waals surface area contributed by atoms with Crippen molar-refractivity contribution in [3.8, 4) is 5.75 Å². The largest absolute Gasteiger partial charge is 0.491 e. The Balaban J connectivity index is 1.82. The molecule has 0 fully saturated rings. The van der Waals surface area contributed by atoms with Crippen LogP contribution in [0.5, 0.6) is 5.75 Å². The predicted molar refractivity (Wildman–Crippen MR) is 116 cm³/mol. The molecule has 29 heavy (non-hydrogen) atoms. The van der Waals surface area contributed by atoms with Crippen molar-refractivity contribution in [1.29, 1.82) is 0 Å². The fraction of sp³-hybridized carbons (Fsp3) is 0.364. The van der Waals surface area contributed by atoms with Crippen molar-refractivity contribution in [2.75, 3.05) is 42.3 Å². The van der Waals surface area contributed by atoms with Crippen molar-refractivity contribution in [1.82, 2.24) is 0 Å². The molecule has 2 rings (SSSR count). The molecule has 0 radical (unpaired) electrons. The van der Waals surface area contributed by atoms with Crippen LogP contribution in [0.3, 0.4) is 0 Å². The van der Waals surface area contributed by atoms with Crippen molar-refractivity contribution < 1.29 is 19.1 Å². The Bertz CT molecular complexity index is 795. The first kappa shape index (κ1) is 22.2. The zero-order chi connectivity index (χ0) is 20.9. The van der Waals surface area contributed by atoms with Crippen molar-refractivity contribution in [3.63, 3.8) is 0 Å². The number of hydrogen-bond acceptors (Lipinski definition) is 5. The third-order valence-electron chi connectivity index (χ3n) is 3.89. The quantitative estimate of drug-likeness (QED) is 0.471. The number of carbonyl (C=O) groups excluding carboxylic acids is 2. The molecule has 0 aliphatic heterocycles. The topological polar surface area (TPSA) is 88.7 Å². The van der Waals surface area contributed by atoms with Crippen LogP contribution in [0.1, 0.15) is 26.7 Å². The third kappa shape index (κ3) is 8.66. The summed E-state index contributed by atoms with van der Waals surface area (Å²) >= 11 is 0. The molecule has 7 heteroatoms. The van der Waals surface area contributed by atoms with Gasteiger partial charge in [0.25, 0.3) is 0 Å². The standard InChI is InChI=1S/C22H29N3O4/c1-3-7-21(26)24-18-9-5-8-17(14-18)23-16-22(27)25-19-10-6-11-20(15-19)29-13-12-28-4-2/h5-6,8-11,14-15,23H,3-4,7,12-13,16H2,1-2H3,(H,24,26)(H,25,27). The second-order valence-electron chi connectivity index (χ2n) is 6.35. The van der Waals surface area contributed by atoms with E-state index in [-0.39, 0.29) is 18.4 Å².